The maximum Gasteiger partial charge on any atom is 0.0335 e. The lowest BCUT2D eigenvalue weighted by atomic mass is 10.1. The Morgan fingerprint density at radius 2 is 2.12 bits per heavy atom. The average molecular weight is 278 g/mol. The summed E-state index contributed by atoms with van der Waals surface area (Å²) in [4.78, 5) is 6.71. The Balaban J connectivity index is 0.00000128. The van der Waals surface area contributed by atoms with Gasteiger partial charge in [-0.1, -0.05) is 6.07 Å². The summed E-state index contributed by atoms with van der Waals surface area (Å²) in [6.45, 7) is 6.84. The molecule has 1 aromatic rings. The van der Waals surface area contributed by atoms with E-state index in [1.54, 1.807) is 0 Å². The van der Waals surface area contributed by atoms with Gasteiger partial charge in [-0.15, -0.1) is 24.8 Å². The number of nitrogens with zero attached hydrogens (tertiary/aromatic N) is 2. The number of rotatable bonds is 2. The summed E-state index contributed by atoms with van der Waals surface area (Å²) in [5, 5.41) is 3.43. The monoisotopic (exact) mass is 277 g/mol. The summed E-state index contributed by atoms with van der Waals surface area (Å²) in [7, 11) is 0. The van der Waals surface area contributed by atoms with Gasteiger partial charge in [0.2, 0.25) is 0 Å². The Hall–Kier alpha value is -0.350. The minimum atomic E-state index is 0. The van der Waals surface area contributed by atoms with Gasteiger partial charge in [-0.25, -0.2) is 0 Å². The Labute approximate surface area is 116 Å². The number of hydrogen-bond donors (Lipinski definition) is 1. The van der Waals surface area contributed by atoms with Crippen LogP contribution < -0.4 is 5.32 Å². The quantitative estimate of drug-likeness (QED) is 0.899. The SMILES string of the molecule is CC(c1cccnc1)N1CCCNCC1.Cl.Cl. The van der Waals surface area contributed by atoms with Gasteiger partial charge in [-0.2, -0.15) is 0 Å². The standard InChI is InChI=1S/C12H19N3.2ClH/c1-11(12-4-2-5-14-10-12)15-8-3-6-13-7-9-15;;/h2,4-5,10-11,13H,3,6-9H2,1H3;2*1H. The third-order valence-electron chi connectivity index (χ3n) is 3.09. The van der Waals surface area contributed by atoms with E-state index in [0.717, 1.165) is 19.6 Å². The maximum atomic E-state index is 4.18. The predicted octanol–water partition coefficient (Wildman–Crippen LogP) is 2.28. The van der Waals surface area contributed by atoms with Crippen LogP contribution in [0.1, 0.15) is 24.9 Å². The Morgan fingerprint density at radius 1 is 1.29 bits per heavy atom. The first kappa shape index (κ1) is 16.6. The van der Waals surface area contributed by atoms with Gasteiger partial charge in [0.25, 0.3) is 0 Å². The van der Waals surface area contributed by atoms with Crippen LogP contribution in [-0.2, 0) is 0 Å². The van der Waals surface area contributed by atoms with Crippen molar-refractivity contribution in [3.8, 4) is 0 Å². The fourth-order valence-corrected chi connectivity index (χ4v) is 2.09. The van der Waals surface area contributed by atoms with Gasteiger partial charge >= 0.3 is 0 Å². The number of halogens is 2. The van der Waals surface area contributed by atoms with Crippen molar-refractivity contribution in [2.24, 2.45) is 0 Å². The topological polar surface area (TPSA) is 28.2 Å². The highest BCUT2D eigenvalue weighted by atomic mass is 35.5. The van der Waals surface area contributed by atoms with Crippen LogP contribution >= 0.6 is 24.8 Å². The molecule has 1 aliphatic heterocycles. The first-order chi connectivity index (χ1) is 7.38. The molecule has 0 amide bonds. The van der Waals surface area contributed by atoms with Gasteiger partial charge in [0.15, 0.2) is 0 Å². The normalized spacial score (nSPS) is 18.4. The maximum absolute atomic E-state index is 4.18. The molecule has 0 aromatic carbocycles. The van der Waals surface area contributed by atoms with Crippen LogP contribution in [0.15, 0.2) is 24.5 Å². The molecule has 1 N–H and O–H groups in total. The number of aromatic nitrogens is 1. The molecule has 17 heavy (non-hydrogen) atoms. The van der Waals surface area contributed by atoms with Gasteiger partial charge in [0.05, 0.1) is 0 Å². The minimum absolute atomic E-state index is 0. The van der Waals surface area contributed by atoms with Crippen molar-refractivity contribution in [3.63, 3.8) is 0 Å². The lowest BCUT2D eigenvalue weighted by Gasteiger charge is -2.27. The summed E-state index contributed by atoms with van der Waals surface area (Å²) in [5.41, 5.74) is 1.32. The molecule has 1 atom stereocenters. The molecule has 1 aliphatic rings. The van der Waals surface area contributed by atoms with Crippen LogP contribution in [0.3, 0.4) is 0 Å². The number of hydrogen-bond acceptors (Lipinski definition) is 3. The van der Waals surface area contributed by atoms with Crippen molar-refractivity contribution in [2.45, 2.75) is 19.4 Å². The van der Waals surface area contributed by atoms with E-state index < -0.39 is 0 Å². The van der Waals surface area contributed by atoms with Crippen LogP contribution in [0.25, 0.3) is 0 Å². The summed E-state index contributed by atoms with van der Waals surface area (Å²) in [6.07, 6.45) is 5.05. The molecule has 1 aromatic heterocycles. The average Bonchev–Trinajstić information content (AvgIpc) is 2.58. The van der Waals surface area contributed by atoms with Crippen molar-refractivity contribution in [1.29, 1.82) is 0 Å². The first-order valence-corrected chi connectivity index (χ1v) is 5.72. The molecular formula is C12H21Cl2N3. The molecule has 0 saturated carbocycles. The zero-order valence-electron chi connectivity index (χ0n) is 10.1. The fourth-order valence-electron chi connectivity index (χ4n) is 2.09. The molecule has 0 aliphatic carbocycles. The zero-order chi connectivity index (χ0) is 10.5. The zero-order valence-corrected chi connectivity index (χ0v) is 11.8. The van der Waals surface area contributed by atoms with Gasteiger partial charge in [-0.05, 0) is 38.1 Å². The van der Waals surface area contributed by atoms with Gasteiger partial charge in [0.1, 0.15) is 0 Å². The highest BCUT2D eigenvalue weighted by molar-refractivity contribution is 5.85. The second-order valence-corrected chi connectivity index (χ2v) is 4.10. The van der Waals surface area contributed by atoms with E-state index in [1.807, 2.05) is 18.5 Å². The molecule has 2 heterocycles. The third-order valence-corrected chi connectivity index (χ3v) is 3.09. The minimum Gasteiger partial charge on any atom is -0.315 e. The summed E-state index contributed by atoms with van der Waals surface area (Å²) in [6, 6.07) is 4.66. The van der Waals surface area contributed by atoms with Crippen molar-refractivity contribution in [3.05, 3.63) is 30.1 Å². The van der Waals surface area contributed by atoms with Gasteiger partial charge in [-0.3, -0.25) is 9.88 Å². The summed E-state index contributed by atoms with van der Waals surface area (Å²) < 4.78 is 0. The Kier molecular flexibility index (Phi) is 8.52. The highest BCUT2D eigenvalue weighted by Crippen LogP contribution is 2.19. The fraction of sp³-hybridized carbons (Fsp3) is 0.583. The molecule has 1 saturated heterocycles. The Morgan fingerprint density at radius 3 is 2.82 bits per heavy atom. The summed E-state index contributed by atoms with van der Waals surface area (Å²) in [5.74, 6) is 0. The van der Waals surface area contributed by atoms with Crippen LogP contribution in [0, 0.1) is 0 Å². The predicted molar refractivity (Wildman–Crippen MR) is 76.2 cm³/mol. The van der Waals surface area contributed by atoms with E-state index in [1.165, 1.54) is 18.5 Å². The molecule has 0 radical (unpaired) electrons. The molecule has 98 valence electrons. The Bertz CT molecular complexity index is 287. The van der Waals surface area contributed by atoms with E-state index in [2.05, 4.69) is 28.2 Å². The molecular weight excluding hydrogens is 257 g/mol. The molecule has 5 heteroatoms. The van der Waals surface area contributed by atoms with Crippen LogP contribution in [0.2, 0.25) is 0 Å². The lowest BCUT2D eigenvalue weighted by molar-refractivity contribution is 0.225. The van der Waals surface area contributed by atoms with E-state index in [4.69, 9.17) is 0 Å². The van der Waals surface area contributed by atoms with Crippen LogP contribution in [-0.4, -0.2) is 36.1 Å². The smallest absolute Gasteiger partial charge is 0.0335 e. The van der Waals surface area contributed by atoms with E-state index in [9.17, 15) is 0 Å². The van der Waals surface area contributed by atoms with Gasteiger partial charge in [0, 0.05) is 31.5 Å². The largest absolute Gasteiger partial charge is 0.315 e. The van der Waals surface area contributed by atoms with Crippen molar-refractivity contribution in [1.82, 2.24) is 15.2 Å². The van der Waals surface area contributed by atoms with Crippen LogP contribution in [0.5, 0.6) is 0 Å². The molecule has 1 fully saturated rings. The molecule has 0 bridgehead atoms. The molecule has 3 nitrogen and oxygen atoms in total. The number of nitrogens with one attached hydrogen (secondary N) is 1. The van der Waals surface area contributed by atoms with E-state index >= 15 is 0 Å². The van der Waals surface area contributed by atoms with Crippen LogP contribution in [0.4, 0.5) is 0 Å². The highest BCUT2D eigenvalue weighted by Gasteiger charge is 2.16. The molecule has 0 spiro atoms. The van der Waals surface area contributed by atoms with Gasteiger partial charge < -0.3 is 5.32 Å². The van der Waals surface area contributed by atoms with E-state index in [0.29, 0.717) is 6.04 Å². The number of pyridine rings is 1. The second-order valence-electron chi connectivity index (χ2n) is 4.10. The second kappa shape index (κ2) is 8.70. The van der Waals surface area contributed by atoms with Crippen molar-refractivity contribution >= 4 is 24.8 Å². The first-order valence-electron chi connectivity index (χ1n) is 5.72. The molecule has 2 rings (SSSR count). The summed E-state index contributed by atoms with van der Waals surface area (Å²) >= 11 is 0. The lowest BCUT2D eigenvalue weighted by Crippen LogP contribution is -2.30. The van der Waals surface area contributed by atoms with E-state index in [-0.39, 0.29) is 24.8 Å². The van der Waals surface area contributed by atoms with Crippen molar-refractivity contribution < 1.29 is 0 Å². The molecule has 1 unspecified atom stereocenters. The third kappa shape index (κ3) is 4.80. The van der Waals surface area contributed by atoms with Crippen molar-refractivity contribution in [2.75, 3.05) is 26.2 Å².